The molecule has 0 bridgehead atoms. The van der Waals surface area contributed by atoms with E-state index in [0.717, 1.165) is 5.56 Å². The Labute approximate surface area is 136 Å². The van der Waals surface area contributed by atoms with E-state index in [1.165, 1.54) is 7.11 Å². The van der Waals surface area contributed by atoms with Crippen molar-refractivity contribution in [3.63, 3.8) is 0 Å². The summed E-state index contributed by atoms with van der Waals surface area (Å²) < 4.78 is 31.2. The van der Waals surface area contributed by atoms with E-state index < -0.39 is 20.5 Å². The highest BCUT2D eigenvalue weighted by Crippen LogP contribution is 2.63. The summed E-state index contributed by atoms with van der Waals surface area (Å²) in [7, 11) is -2.12. The van der Waals surface area contributed by atoms with Gasteiger partial charge < -0.3 is 4.74 Å². The Hall–Kier alpha value is -2.16. The van der Waals surface area contributed by atoms with Gasteiger partial charge in [-0.25, -0.2) is 8.42 Å². The molecule has 1 aliphatic carbocycles. The first-order valence-corrected chi connectivity index (χ1v) is 8.86. The smallest absolute Gasteiger partial charge is 0.183 e. The molecule has 0 saturated heterocycles. The van der Waals surface area contributed by atoms with Crippen LogP contribution in [0.15, 0.2) is 65.6 Å². The second kappa shape index (κ2) is 5.80. The summed E-state index contributed by atoms with van der Waals surface area (Å²) in [6.07, 6.45) is 0. The maximum absolute atomic E-state index is 13.0. The lowest BCUT2D eigenvalue weighted by Gasteiger charge is -2.08. The highest BCUT2D eigenvalue weighted by molar-refractivity contribution is 7.92. The van der Waals surface area contributed by atoms with Crippen molar-refractivity contribution in [1.29, 1.82) is 5.26 Å². The summed E-state index contributed by atoms with van der Waals surface area (Å²) >= 11 is 0. The van der Waals surface area contributed by atoms with Crippen LogP contribution in [-0.4, -0.2) is 27.4 Å². The van der Waals surface area contributed by atoms with Crippen molar-refractivity contribution >= 4 is 9.84 Å². The van der Waals surface area contributed by atoms with Gasteiger partial charge in [-0.05, 0) is 17.7 Å². The van der Waals surface area contributed by atoms with Crippen molar-refractivity contribution in [2.24, 2.45) is 5.41 Å². The molecule has 5 heteroatoms. The van der Waals surface area contributed by atoms with Crippen LogP contribution >= 0.6 is 0 Å². The summed E-state index contributed by atoms with van der Waals surface area (Å²) in [5.41, 5.74) is -0.180. The molecule has 23 heavy (non-hydrogen) atoms. The average Bonchev–Trinajstić information content (AvgIpc) is 3.27. The van der Waals surface area contributed by atoms with Gasteiger partial charge >= 0.3 is 0 Å². The van der Waals surface area contributed by atoms with Crippen LogP contribution in [0.2, 0.25) is 0 Å². The highest BCUT2D eigenvalue weighted by atomic mass is 32.2. The van der Waals surface area contributed by atoms with Crippen molar-refractivity contribution in [2.45, 2.75) is 16.1 Å². The van der Waals surface area contributed by atoms with Crippen LogP contribution in [0.3, 0.4) is 0 Å². The van der Waals surface area contributed by atoms with Crippen molar-refractivity contribution in [3.8, 4) is 6.07 Å². The minimum absolute atomic E-state index is 0.0970. The van der Waals surface area contributed by atoms with Gasteiger partial charge in [0.2, 0.25) is 0 Å². The van der Waals surface area contributed by atoms with E-state index in [-0.39, 0.29) is 17.4 Å². The molecule has 3 atom stereocenters. The van der Waals surface area contributed by atoms with Gasteiger partial charge in [-0.1, -0.05) is 48.5 Å². The summed E-state index contributed by atoms with van der Waals surface area (Å²) in [5.74, 6) is -0.376. The standard InChI is InChI=1S/C18H17NO3S/c1-22-13-18(12-19)16(14-8-4-2-5-9-14)17(18)23(20,21)15-10-6-3-7-11-15/h2-11,16-17H,13H2,1H3/t16-,17-,18-/m1/s1. The fourth-order valence-corrected chi connectivity index (χ4v) is 5.66. The molecule has 118 valence electrons. The molecule has 0 heterocycles. The third kappa shape index (κ3) is 2.44. The van der Waals surface area contributed by atoms with Gasteiger partial charge in [0.15, 0.2) is 9.84 Å². The summed E-state index contributed by atoms with van der Waals surface area (Å²) in [6.45, 7) is 0.0970. The van der Waals surface area contributed by atoms with E-state index in [2.05, 4.69) is 6.07 Å². The van der Waals surface area contributed by atoms with E-state index in [9.17, 15) is 13.7 Å². The van der Waals surface area contributed by atoms with Crippen molar-refractivity contribution in [2.75, 3.05) is 13.7 Å². The van der Waals surface area contributed by atoms with Gasteiger partial charge in [0.1, 0.15) is 5.41 Å². The fourth-order valence-electron chi connectivity index (χ4n) is 3.33. The van der Waals surface area contributed by atoms with Crippen molar-refractivity contribution < 1.29 is 13.2 Å². The maximum Gasteiger partial charge on any atom is 0.183 e. The second-order valence-corrected chi connectivity index (χ2v) is 7.82. The first-order chi connectivity index (χ1) is 11.1. The lowest BCUT2D eigenvalue weighted by Crippen LogP contribution is -2.19. The third-order valence-corrected chi connectivity index (χ3v) is 6.70. The Morgan fingerprint density at radius 1 is 1.09 bits per heavy atom. The summed E-state index contributed by atoms with van der Waals surface area (Å²) in [6, 6.07) is 19.8. The van der Waals surface area contributed by atoms with E-state index in [1.807, 2.05) is 30.3 Å². The van der Waals surface area contributed by atoms with Gasteiger partial charge in [0, 0.05) is 13.0 Å². The molecule has 0 aromatic heterocycles. The number of rotatable bonds is 5. The Morgan fingerprint density at radius 3 is 2.17 bits per heavy atom. The molecule has 1 fully saturated rings. The zero-order valence-electron chi connectivity index (χ0n) is 12.7. The maximum atomic E-state index is 13.0. The number of methoxy groups -OCH3 is 1. The van der Waals surface area contributed by atoms with E-state index in [0.29, 0.717) is 0 Å². The van der Waals surface area contributed by atoms with Crippen LogP contribution in [0.25, 0.3) is 0 Å². The molecule has 4 nitrogen and oxygen atoms in total. The first kappa shape index (κ1) is 15.7. The van der Waals surface area contributed by atoms with Crippen LogP contribution in [0, 0.1) is 16.7 Å². The Balaban J connectivity index is 2.08. The zero-order valence-corrected chi connectivity index (χ0v) is 13.5. The normalized spacial score (nSPS) is 26.4. The van der Waals surface area contributed by atoms with Gasteiger partial charge in [-0.2, -0.15) is 5.26 Å². The predicted octanol–water partition coefficient (Wildman–Crippen LogP) is 2.78. The predicted molar refractivity (Wildman–Crippen MR) is 86.5 cm³/mol. The molecule has 0 amide bonds. The number of sulfone groups is 1. The average molecular weight is 327 g/mol. The van der Waals surface area contributed by atoms with Crippen LogP contribution in [0.5, 0.6) is 0 Å². The van der Waals surface area contributed by atoms with E-state index in [1.54, 1.807) is 30.3 Å². The lowest BCUT2D eigenvalue weighted by molar-refractivity contribution is 0.162. The van der Waals surface area contributed by atoms with Crippen molar-refractivity contribution in [3.05, 3.63) is 66.2 Å². The Morgan fingerprint density at radius 2 is 1.65 bits per heavy atom. The fraction of sp³-hybridized carbons (Fsp3) is 0.278. The molecule has 1 saturated carbocycles. The SMILES string of the molecule is COC[C@]1(C#N)[C@H](c2ccccc2)[C@H]1S(=O)(=O)c1ccccc1. The lowest BCUT2D eigenvalue weighted by atomic mass is 10.0. The number of nitriles is 1. The molecule has 0 aliphatic heterocycles. The van der Waals surface area contributed by atoms with E-state index in [4.69, 9.17) is 4.74 Å². The summed E-state index contributed by atoms with van der Waals surface area (Å²) in [4.78, 5) is 0.249. The van der Waals surface area contributed by atoms with Crippen LogP contribution in [0.4, 0.5) is 0 Å². The molecule has 0 spiro atoms. The molecule has 2 aromatic carbocycles. The molecule has 1 aliphatic rings. The van der Waals surface area contributed by atoms with Gasteiger partial charge in [0.25, 0.3) is 0 Å². The number of ether oxygens (including phenoxy) is 1. The number of hydrogen-bond acceptors (Lipinski definition) is 4. The molecule has 2 aromatic rings. The third-order valence-electron chi connectivity index (χ3n) is 4.41. The molecular weight excluding hydrogens is 310 g/mol. The minimum atomic E-state index is -3.61. The topological polar surface area (TPSA) is 67.2 Å². The molecule has 0 N–H and O–H groups in total. The van der Waals surface area contributed by atoms with Crippen LogP contribution in [-0.2, 0) is 14.6 Å². The number of hydrogen-bond donors (Lipinski definition) is 0. The molecule has 0 unspecified atom stereocenters. The van der Waals surface area contributed by atoms with Gasteiger partial charge in [-0.3, -0.25) is 0 Å². The van der Waals surface area contributed by atoms with Gasteiger partial charge in [-0.15, -0.1) is 0 Å². The first-order valence-electron chi connectivity index (χ1n) is 7.32. The van der Waals surface area contributed by atoms with Gasteiger partial charge in [0.05, 0.1) is 22.8 Å². The van der Waals surface area contributed by atoms with E-state index >= 15 is 0 Å². The molecular formula is C18H17NO3S. The Kier molecular flexibility index (Phi) is 3.97. The minimum Gasteiger partial charge on any atom is -0.383 e. The quantitative estimate of drug-likeness (QED) is 0.847. The Bertz CT molecular complexity index is 828. The molecule has 0 radical (unpaired) electrons. The monoisotopic (exact) mass is 327 g/mol. The molecule has 3 rings (SSSR count). The van der Waals surface area contributed by atoms with Crippen LogP contribution < -0.4 is 0 Å². The van der Waals surface area contributed by atoms with Crippen LogP contribution in [0.1, 0.15) is 11.5 Å². The van der Waals surface area contributed by atoms with Crippen molar-refractivity contribution in [1.82, 2.24) is 0 Å². The summed E-state index contributed by atoms with van der Waals surface area (Å²) in [5, 5.41) is 8.92. The highest BCUT2D eigenvalue weighted by Gasteiger charge is 2.72. The largest absolute Gasteiger partial charge is 0.383 e. The number of nitrogens with zero attached hydrogens (tertiary/aromatic N) is 1. The number of benzene rings is 2. The second-order valence-electron chi connectivity index (χ2n) is 5.75. The zero-order chi connectivity index (χ0) is 16.5.